The predicted molar refractivity (Wildman–Crippen MR) is 102 cm³/mol. The number of rotatable bonds is 6. The molecule has 27 heavy (non-hydrogen) atoms. The molecule has 1 aromatic heterocycles. The first-order valence-corrected chi connectivity index (χ1v) is 9.39. The lowest BCUT2D eigenvalue weighted by molar-refractivity contribution is -0.133. The highest BCUT2D eigenvalue weighted by Gasteiger charge is 2.21. The maximum atomic E-state index is 12.4. The van der Waals surface area contributed by atoms with Gasteiger partial charge in [-0.25, -0.2) is 4.79 Å². The Bertz CT molecular complexity index is 832. The molecule has 2 aromatic rings. The fraction of sp³-hybridized carbons (Fsp3) is 0.389. The van der Waals surface area contributed by atoms with E-state index in [4.69, 9.17) is 28.3 Å². The molecule has 1 aliphatic heterocycles. The molecule has 0 radical (unpaired) electrons. The SMILES string of the molecule is O=C(O)c1ccnn1CCC(=O)N1CCN(Cc2ccc(Cl)c(Cl)c2)CC1. The molecule has 0 aliphatic carbocycles. The Morgan fingerprint density at radius 3 is 2.48 bits per heavy atom. The van der Waals surface area contributed by atoms with E-state index in [0.717, 1.165) is 25.2 Å². The van der Waals surface area contributed by atoms with Gasteiger partial charge < -0.3 is 10.0 Å². The normalized spacial score (nSPS) is 15.1. The van der Waals surface area contributed by atoms with E-state index in [9.17, 15) is 9.59 Å². The molecule has 0 atom stereocenters. The number of piperazine rings is 1. The number of benzene rings is 1. The van der Waals surface area contributed by atoms with Crippen molar-refractivity contribution in [3.63, 3.8) is 0 Å². The lowest BCUT2D eigenvalue weighted by Crippen LogP contribution is -2.48. The second-order valence-corrected chi connectivity index (χ2v) is 7.21. The number of carbonyl (C=O) groups is 2. The van der Waals surface area contributed by atoms with E-state index in [2.05, 4.69) is 10.00 Å². The second-order valence-electron chi connectivity index (χ2n) is 6.40. The number of amides is 1. The zero-order chi connectivity index (χ0) is 19.4. The van der Waals surface area contributed by atoms with E-state index in [0.29, 0.717) is 23.1 Å². The number of carboxylic acids is 1. The summed E-state index contributed by atoms with van der Waals surface area (Å²) >= 11 is 12.0. The summed E-state index contributed by atoms with van der Waals surface area (Å²) in [6, 6.07) is 7.04. The van der Waals surface area contributed by atoms with Crippen LogP contribution in [0.4, 0.5) is 0 Å². The van der Waals surface area contributed by atoms with Crippen molar-refractivity contribution in [3.8, 4) is 0 Å². The van der Waals surface area contributed by atoms with Crippen molar-refractivity contribution >= 4 is 35.1 Å². The zero-order valence-corrected chi connectivity index (χ0v) is 16.2. The number of aryl methyl sites for hydroxylation is 1. The highest BCUT2D eigenvalue weighted by molar-refractivity contribution is 6.42. The smallest absolute Gasteiger partial charge is 0.354 e. The number of hydrogen-bond donors (Lipinski definition) is 1. The quantitative estimate of drug-likeness (QED) is 0.791. The number of halogens is 2. The Balaban J connectivity index is 1.47. The molecule has 1 N–H and O–H groups in total. The van der Waals surface area contributed by atoms with Crippen molar-refractivity contribution in [1.82, 2.24) is 19.6 Å². The van der Waals surface area contributed by atoms with Crippen LogP contribution < -0.4 is 0 Å². The van der Waals surface area contributed by atoms with Gasteiger partial charge >= 0.3 is 5.97 Å². The van der Waals surface area contributed by atoms with E-state index < -0.39 is 5.97 Å². The minimum absolute atomic E-state index is 0.0102. The first-order valence-electron chi connectivity index (χ1n) is 8.63. The van der Waals surface area contributed by atoms with Crippen LogP contribution in [0.15, 0.2) is 30.5 Å². The summed E-state index contributed by atoms with van der Waals surface area (Å²) in [5.74, 6) is -1.04. The van der Waals surface area contributed by atoms with Crippen molar-refractivity contribution in [2.24, 2.45) is 0 Å². The standard InChI is InChI=1S/C18H20Cl2N4O3/c19-14-2-1-13(11-15(14)20)12-22-7-9-23(10-8-22)17(25)4-6-24-16(18(26)27)3-5-21-24/h1-3,5,11H,4,6-10,12H2,(H,26,27). The zero-order valence-electron chi connectivity index (χ0n) is 14.6. The maximum absolute atomic E-state index is 12.4. The van der Waals surface area contributed by atoms with Gasteiger partial charge in [0.15, 0.2) is 0 Å². The molecule has 0 saturated carbocycles. The minimum Gasteiger partial charge on any atom is -0.477 e. The third kappa shape index (κ3) is 5.00. The first kappa shape index (κ1) is 19.7. The van der Waals surface area contributed by atoms with Gasteiger partial charge in [-0.3, -0.25) is 14.4 Å². The third-order valence-corrected chi connectivity index (χ3v) is 5.33. The van der Waals surface area contributed by atoms with Crippen LogP contribution in [-0.4, -0.2) is 62.7 Å². The molecule has 9 heteroatoms. The molecule has 2 heterocycles. The van der Waals surface area contributed by atoms with Crippen LogP contribution in [0.5, 0.6) is 0 Å². The third-order valence-electron chi connectivity index (χ3n) is 4.59. The summed E-state index contributed by atoms with van der Waals surface area (Å²) in [7, 11) is 0. The highest BCUT2D eigenvalue weighted by atomic mass is 35.5. The van der Waals surface area contributed by atoms with Gasteiger partial charge in [0, 0.05) is 45.3 Å². The van der Waals surface area contributed by atoms with Gasteiger partial charge in [0.2, 0.25) is 5.91 Å². The molecular formula is C18H20Cl2N4O3. The van der Waals surface area contributed by atoms with Crippen LogP contribution in [-0.2, 0) is 17.9 Å². The summed E-state index contributed by atoms with van der Waals surface area (Å²) in [6.45, 7) is 3.85. The first-order chi connectivity index (χ1) is 12.9. The van der Waals surface area contributed by atoms with Crippen LogP contribution >= 0.6 is 23.2 Å². The maximum Gasteiger partial charge on any atom is 0.354 e. The molecule has 1 aromatic carbocycles. The van der Waals surface area contributed by atoms with Crippen molar-refractivity contribution in [3.05, 3.63) is 51.8 Å². The Labute approximate surface area is 167 Å². The minimum atomic E-state index is -1.05. The molecule has 1 aliphatic rings. The largest absolute Gasteiger partial charge is 0.477 e. The molecule has 0 unspecified atom stereocenters. The molecule has 1 saturated heterocycles. The molecule has 144 valence electrons. The Kier molecular flexibility index (Phi) is 6.36. The molecule has 0 spiro atoms. The number of hydrogen-bond acceptors (Lipinski definition) is 4. The van der Waals surface area contributed by atoms with Crippen LogP contribution in [0.2, 0.25) is 10.0 Å². The number of aromatic nitrogens is 2. The predicted octanol–water partition coefficient (Wildman–Crippen LogP) is 2.62. The number of carboxylic acid groups (broad SMARTS) is 1. The lowest BCUT2D eigenvalue weighted by Gasteiger charge is -2.35. The van der Waals surface area contributed by atoms with E-state index in [1.165, 1.54) is 16.9 Å². The number of carbonyl (C=O) groups excluding carboxylic acids is 1. The molecule has 7 nitrogen and oxygen atoms in total. The lowest BCUT2D eigenvalue weighted by atomic mass is 10.2. The van der Waals surface area contributed by atoms with Crippen LogP contribution in [0.1, 0.15) is 22.5 Å². The van der Waals surface area contributed by atoms with Crippen LogP contribution in [0.3, 0.4) is 0 Å². The average molecular weight is 411 g/mol. The number of aromatic carboxylic acids is 1. The van der Waals surface area contributed by atoms with Crippen molar-refractivity contribution in [2.45, 2.75) is 19.5 Å². The van der Waals surface area contributed by atoms with Crippen molar-refractivity contribution in [1.29, 1.82) is 0 Å². The van der Waals surface area contributed by atoms with Crippen molar-refractivity contribution < 1.29 is 14.7 Å². The highest BCUT2D eigenvalue weighted by Crippen LogP contribution is 2.23. The number of nitrogens with zero attached hydrogens (tertiary/aromatic N) is 4. The summed E-state index contributed by atoms with van der Waals surface area (Å²) < 4.78 is 1.35. The molecule has 1 fully saturated rings. The van der Waals surface area contributed by atoms with E-state index in [1.807, 2.05) is 17.0 Å². The molecular weight excluding hydrogens is 391 g/mol. The fourth-order valence-corrected chi connectivity index (χ4v) is 3.42. The van der Waals surface area contributed by atoms with E-state index in [-0.39, 0.29) is 24.6 Å². The van der Waals surface area contributed by atoms with Crippen molar-refractivity contribution in [2.75, 3.05) is 26.2 Å². The Hall–Kier alpha value is -2.09. The van der Waals surface area contributed by atoms with Crippen LogP contribution in [0.25, 0.3) is 0 Å². The summed E-state index contributed by atoms with van der Waals surface area (Å²) in [4.78, 5) is 27.6. The Morgan fingerprint density at radius 1 is 1.07 bits per heavy atom. The van der Waals surface area contributed by atoms with Gasteiger partial charge in [0.05, 0.1) is 16.6 Å². The van der Waals surface area contributed by atoms with Gasteiger partial charge in [-0.2, -0.15) is 5.10 Å². The van der Waals surface area contributed by atoms with Gasteiger partial charge in [-0.1, -0.05) is 29.3 Å². The van der Waals surface area contributed by atoms with Gasteiger partial charge in [0.1, 0.15) is 5.69 Å². The van der Waals surface area contributed by atoms with E-state index >= 15 is 0 Å². The summed E-state index contributed by atoms with van der Waals surface area (Å²) in [5.41, 5.74) is 1.18. The summed E-state index contributed by atoms with van der Waals surface area (Å²) in [5, 5.41) is 14.1. The van der Waals surface area contributed by atoms with Gasteiger partial charge in [-0.15, -0.1) is 0 Å². The molecule has 3 rings (SSSR count). The second kappa shape index (κ2) is 8.73. The van der Waals surface area contributed by atoms with E-state index in [1.54, 1.807) is 6.07 Å². The average Bonchev–Trinajstić information content (AvgIpc) is 3.12. The van der Waals surface area contributed by atoms with Gasteiger partial charge in [-0.05, 0) is 23.8 Å². The molecule has 0 bridgehead atoms. The van der Waals surface area contributed by atoms with Crippen LogP contribution in [0, 0.1) is 0 Å². The topological polar surface area (TPSA) is 78.7 Å². The fourth-order valence-electron chi connectivity index (χ4n) is 3.10. The Morgan fingerprint density at radius 2 is 1.81 bits per heavy atom. The van der Waals surface area contributed by atoms with Gasteiger partial charge in [0.25, 0.3) is 0 Å². The summed E-state index contributed by atoms with van der Waals surface area (Å²) in [6.07, 6.45) is 1.66. The monoisotopic (exact) mass is 410 g/mol. The molecule has 1 amide bonds.